The van der Waals surface area contributed by atoms with Crippen molar-refractivity contribution in [2.75, 3.05) is 0 Å². The van der Waals surface area contributed by atoms with E-state index < -0.39 is 0 Å². The van der Waals surface area contributed by atoms with Crippen molar-refractivity contribution in [3.63, 3.8) is 0 Å². The zero-order valence-corrected chi connectivity index (χ0v) is 9.90. The number of amides is 1. The zero-order valence-electron chi connectivity index (χ0n) is 9.90. The molecule has 1 saturated carbocycles. The van der Waals surface area contributed by atoms with Gasteiger partial charge < -0.3 is 5.73 Å². The molecular weight excluding hydrogens is 192 g/mol. The third-order valence-corrected chi connectivity index (χ3v) is 2.59. The van der Waals surface area contributed by atoms with Gasteiger partial charge in [-0.2, -0.15) is 0 Å². The van der Waals surface area contributed by atoms with Gasteiger partial charge in [-0.05, 0) is 33.6 Å². The van der Waals surface area contributed by atoms with Gasteiger partial charge in [0.05, 0.1) is 11.6 Å². The molecule has 88 valence electrons. The van der Waals surface area contributed by atoms with E-state index in [0.29, 0.717) is 0 Å². The molecule has 0 saturated heterocycles. The molecule has 1 fully saturated rings. The van der Waals surface area contributed by atoms with Gasteiger partial charge in [0.15, 0.2) is 0 Å². The van der Waals surface area contributed by atoms with Crippen molar-refractivity contribution in [3.8, 4) is 0 Å². The zero-order chi connectivity index (χ0) is 11.5. The molecule has 0 aromatic rings. The van der Waals surface area contributed by atoms with E-state index in [4.69, 9.17) is 10.6 Å². The van der Waals surface area contributed by atoms with Crippen molar-refractivity contribution in [1.82, 2.24) is 5.06 Å². The normalized spacial score (nSPS) is 27.5. The van der Waals surface area contributed by atoms with Gasteiger partial charge in [0.2, 0.25) is 6.41 Å². The van der Waals surface area contributed by atoms with Gasteiger partial charge in [0.25, 0.3) is 0 Å². The fourth-order valence-electron chi connectivity index (χ4n) is 1.94. The van der Waals surface area contributed by atoms with E-state index >= 15 is 0 Å². The minimum atomic E-state index is -0.349. The predicted molar refractivity (Wildman–Crippen MR) is 59.0 cm³/mol. The van der Waals surface area contributed by atoms with E-state index in [0.717, 1.165) is 32.1 Å². The number of hydrogen-bond acceptors (Lipinski definition) is 3. The van der Waals surface area contributed by atoms with E-state index in [1.54, 1.807) is 0 Å². The van der Waals surface area contributed by atoms with E-state index in [2.05, 4.69) is 0 Å². The van der Waals surface area contributed by atoms with E-state index in [1.165, 1.54) is 5.06 Å². The molecule has 2 N–H and O–H groups in total. The Morgan fingerprint density at radius 3 is 2.40 bits per heavy atom. The highest BCUT2D eigenvalue weighted by atomic mass is 16.7. The van der Waals surface area contributed by atoms with Crippen molar-refractivity contribution in [1.29, 1.82) is 0 Å². The molecule has 1 aliphatic carbocycles. The van der Waals surface area contributed by atoms with Crippen LogP contribution in [-0.4, -0.2) is 29.2 Å². The maximum Gasteiger partial charge on any atom is 0.233 e. The standard InChI is InChI=1S/C11H22N2O2/c1-11(2,3)15-13(8-14)10-7-5-4-6-9(10)12/h8-10H,4-7,12H2,1-3H3/t9-,10-/m0/s1. The predicted octanol–water partition coefficient (Wildman–Crippen LogP) is 1.44. The highest BCUT2D eigenvalue weighted by molar-refractivity contribution is 5.46. The lowest BCUT2D eigenvalue weighted by atomic mass is 9.91. The monoisotopic (exact) mass is 214 g/mol. The second-order valence-electron chi connectivity index (χ2n) is 5.18. The Kier molecular flexibility index (Phi) is 4.11. The highest BCUT2D eigenvalue weighted by Gasteiger charge is 2.30. The summed E-state index contributed by atoms with van der Waals surface area (Å²) in [6.45, 7) is 5.79. The molecule has 4 heteroatoms. The van der Waals surface area contributed by atoms with Gasteiger partial charge in [-0.15, -0.1) is 0 Å². The Hall–Kier alpha value is -0.610. The van der Waals surface area contributed by atoms with Crippen molar-refractivity contribution in [3.05, 3.63) is 0 Å². The lowest BCUT2D eigenvalue weighted by Gasteiger charge is -2.38. The van der Waals surface area contributed by atoms with Crippen LogP contribution in [0.5, 0.6) is 0 Å². The summed E-state index contributed by atoms with van der Waals surface area (Å²) in [6.07, 6.45) is 4.94. The molecule has 1 rings (SSSR count). The van der Waals surface area contributed by atoms with Crippen LogP contribution in [0.2, 0.25) is 0 Å². The van der Waals surface area contributed by atoms with Crippen LogP contribution in [0.3, 0.4) is 0 Å². The molecular formula is C11H22N2O2. The topological polar surface area (TPSA) is 55.6 Å². The molecule has 0 aromatic carbocycles. The molecule has 0 spiro atoms. The molecule has 2 atom stereocenters. The first-order chi connectivity index (χ1) is 6.94. The maximum atomic E-state index is 11.0. The maximum absolute atomic E-state index is 11.0. The SMILES string of the molecule is CC(C)(C)ON(C=O)[C@H]1CCCC[C@@H]1N. The average Bonchev–Trinajstić information content (AvgIpc) is 2.14. The molecule has 0 radical (unpaired) electrons. The molecule has 0 aliphatic heterocycles. The van der Waals surface area contributed by atoms with E-state index in [-0.39, 0.29) is 17.7 Å². The second kappa shape index (κ2) is 4.94. The molecule has 0 bridgehead atoms. The summed E-state index contributed by atoms with van der Waals surface area (Å²) in [6, 6.07) is 0.0850. The van der Waals surface area contributed by atoms with Gasteiger partial charge in [0.1, 0.15) is 0 Å². The molecule has 0 aromatic heterocycles. The molecule has 1 amide bonds. The third-order valence-electron chi connectivity index (χ3n) is 2.59. The highest BCUT2D eigenvalue weighted by Crippen LogP contribution is 2.23. The van der Waals surface area contributed by atoms with Crippen molar-refractivity contribution >= 4 is 6.41 Å². The van der Waals surface area contributed by atoms with Crippen molar-refractivity contribution in [2.24, 2.45) is 5.73 Å². The minimum absolute atomic E-state index is 0.0375. The van der Waals surface area contributed by atoms with Gasteiger partial charge >= 0.3 is 0 Å². The van der Waals surface area contributed by atoms with Gasteiger partial charge in [-0.1, -0.05) is 12.8 Å². The van der Waals surface area contributed by atoms with Crippen LogP contribution in [0.25, 0.3) is 0 Å². The molecule has 15 heavy (non-hydrogen) atoms. The summed E-state index contributed by atoms with van der Waals surface area (Å²) in [5.41, 5.74) is 5.64. The number of nitrogens with two attached hydrogens (primary N) is 1. The Labute approximate surface area is 91.7 Å². The number of carbonyl (C=O) groups excluding carboxylic acids is 1. The first-order valence-corrected chi connectivity index (χ1v) is 5.62. The molecule has 4 nitrogen and oxygen atoms in total. The molecule has 0 unspecified atom stereocenters. The Bertz CT molecular complexity index is 213. The van der Waals surface area contributed by atoms with Crippen LogP contribution >= 0.6 is 0 Å². The third kappa shape index (κ3) is 3.80. The summed E-state index contributed by atoms with van der Waals surface area (Å²) in [5.74, 6) is 0. The van der Waals surface area contributed by atoms with E-state index in [1.807, 2.05) is 20.8 Å². The van der Waals surface area contributed by atoms with Crippen molar-refractivity contribution < 1.29 is 9.63 Å². The summed E-state index contributed by atoms with van der Waals surface area (Å²) in [4.78, 5) is 16.6. The largest absolute Gasteiger partial charge is 0.326 e. The fraction of sp³-hybridized carbons (Fsp3) is 0.909. The van der Waals surface area contributed by atoms with E-state index in [9.17, 15) is 4.79 Å². The quantitative estimate of drug-likeness (QED) is 0.571. The number of nitrogens with zero attached hydrogens (tertiary/aromatic N) is 1. The summed E-state index contributed by atoms with van der Waals surface area (Å²) >= 11 is 0. The van der Waals surface area contributed by atoms with Gasteiger partial charge in [-0.25, -0.2) is 5.06 Å². The number of carbonyl (C=O) groups is 1. The minimum Gasteiger partial charge on any atom is -0.326 e. The second-order valence-corrected chi connectivity index (χ2v) is 5.18. The van der Waals surface area contributed by atoms with Crippen molar-refractivity contribution in [2.45, 2.75) is 64.1 Å². The van der Waals surface area contributed by atoms with Crippen LogP contribution < -0.4 is 5.73 Å². The Morgan fingerprint density at radius 1 is 1.33 bits per heavy atom. The first-order valence-electron chi connectivity index (χ1n) is 5.62. The van der Waals surface area contributed by atoms with Gasteiger partial charge in [0, 0.05) is 6.04 Å². The van der Waals surface area contributed by atoms with Gasteiger partial charge in [-0.3, -0.25) is 9.63 Å². The fourth-order valence-corrected chi connectivity index (χ4v) is 1.94. The summed E-state index contributed by atoms with van der Waals surface area (Å²) in [7, 11) is 0. The molecule has 0 heterocycles. The smallest absolute Gasteiger partial charge is 0.233 e. The average molecular weight is 214 g/mol. The molecule has 1 aliphatic rings. The lowest BCUT2D eigenvalue weighted by Crippen LogP contribution is -2.51. The Morgan fingerprint density at radius 2 is 1.93 bits per heavy atom. The summed E-state index contributed by atoms with van der Waals surface area (Å²) < 4.78 is 0. The number of hydrogen-bond donors (Lipinski definition) is 1. The van der Waals surface area contributed by atoms with Crippen LogP contribution in [0, 0.1) is 0 Å². The lowest BCUT2D eigenvalue weighted by molar-refractivity contribution is -0.237. The first kappa shape index (κ1) is 12.5. The van der Waals surface area contributed by atoms with Crippen LogP contribution in [0.4, 0.5) is 0 Å². The van der Waals surface area contributed by atoms with Crippen LogP contribution in [-0.2, 0) is 9.63 Å². The van der Waals surface area contributed by atoms with Crippen LogP contribution in [0.15, 0.2) is 0 Å². The number of hydroxylamine groups is 2. The Balaban J connectivity index is 2.60. The summed E-state index contributed by atoms with van der Waals surface area (Å²) in [5, 5.41) is 1.41. The van der Waals surface area contributed by atoms with Crippen LogP contribution in [0.1, 0.15) is 46.5 Å². The number of rotatable bonds is 3.